The number of halogens is 4. The van der Waals surface area contributed by atoms with Crippen molar-refractivity contribution in [1.82, 2.24) is 15.1 Å². The summed E-state index contributed by atoms with van der Waals surface area (Å²) in [4.78, 5) is 26.7. The zero-order valence-electron chi connectivity index (χ0n) is 14.2. The molecule has 0 aromatic heterocycles. The second-order valence-corrected chi connectivity index (χ2v) is 6.54. The molecule has 0 saturated carbocycles. The van der Waals surface area contributed by atoms with Crippen LogP contribution in [0.1, 0.15) is 18.4 Å². The molecule has 0 aliphatic carbocycles. The van der Waals surface area contributed by atoms with Crippen LogP contribution in [-0.2, 0) is 16.1 Å². The van der Waals surface area contributed by atoms with E-state index < -0.39 is 18.5 Å². The Labute approximate surface area is 155 Å². The number of carbonyl (C=O) groups excluding carboxylic acids is 2. The summed E-state index contributed by atoms with van der Waals surface area (Å²) >= 11 is 6.02. The van der Waals surface area contributed by atoms with Crippen molar-refractivity contribution in [3.63, 3.8) is 0 Å². The van der Waals surface area contributed by atoms with E-state index in [1.165, 1.54) is 4.90 Å². The van der Waals surface area contributed by atoms with Gasteiger partial charge in [0.1, 0.15) is 6.42 Å². The number of carbonyl (C=O) groups is 2. The molecular formula is C17H21ClF3N3O2. The average Bonchev–Trinajstić information content (AvgIpc) is 2.58. The monoisotopic (exact) mass is 391 g/mol. The first kappa shape index (κ1) is 20.5. The third-order valence-electron chi connectivity index (χ3n) is 4.17. The molecule has 1 aliphatic rings. The number of hydrogen-bond acceptors (Lipinski definition) is 3. The van der Waals surface area contributed by atoms with Gasteiger partial charge in [0.25, 0.3) is 0 Å². The lowest BCUT2D eigenvalue weighted by Crippen LogP contribution is -2.50. The van der Waals surface area contributed by atoms with Gasteiger partial charge in [0.15, 0.2) is 0 Å². The van der Waals surface area contributed by atoms with Gasteiger partial charge in [0.2, 0.25) is 11.8 Å². The van der Waals surface area contributed by atoms with Crippen LogP contribution in [0.25, 0.3) is 0 Å². The number of amides is 2. The van der Waals surface area contributed by atoms with Crippen molar-refractivity contribution in [2.24, 2.45) is 0 Å². The van der Waals surface area contributed by atoms with E-state index in [1.807, 2.05) is 23.1 Å². The molecule has 26 heavy (non-hydrogen) atoms. The van der Waals surface area contributed by atoms with E-state index in [-0.39, 0.29) is 25.4 Å². The van der Waals surface area contributed by atoms with Crippen LogP contribution >= 0.6 is 11.6 Å². The lowest BCUT2D eigenvalue weighted by molar-refractivity contribution is -0.162. The minimum Gasteiger partial charge on any atom is -0.352 e. The van der Waals surface area contributed by atoms with Gasteiger partial charge in [-0.05, 0) is 11.6 Å². The molecule has 144 valence electrons. The number of nitrogens with zero attached hydrogens (tertiary/aromatic N) is 2. The van der Waals surface area contributed by atoms with Gasteiger partial charge < -0.3 is 10.2 Å². The van der Waals surface area contributed by atoms with Gasteiger partial charge in [-0.15, -0.1) is 0 Å². The first-order valence-electron chi connectivity index (χ1n) is 8.31. The van der Waals surface area contributed by atoms with E-state index in [4.69, 9.17) is 11.6 Å². The van der Waals surface area contributed by atoms with Gasteiger partial charge in [-0.3, -0.25) is 14.5 Å². The Morgan fingerprint density at radius 2 is 1.77 bits per heavy atom. The molecule has 1 aromatic rings. The summed E-state index contributed by atoms with van der Waals surface area (Å²) in [6.07, 6.45) is -5.62. The van der Waals surface area contributed by atoms with Gasteiger partial charge in [-0.2, -0.15) is 13.2 Å². The Morgan fingerprint density at radius 3 is 2.38 bits per heavy atom. The number of benzene rings is 1. The fraction of sp³-hybridized carbons (Fsp3) is 0.529. The van der Waals surface area contributed by atoms with Gasteiger partial charge >= 0.3 is 6.18 Å². The number of hydrogen-bond donors (Lipinski definition) is 1. The molecular weight excluding hydrogens is 371 g/mol. The zero-order chi connectivity index (χ0) is 19.2. The molecule has 1 aromatic carbocycles. The summed E-state index contributed by atoms with van der Waals surface area (Å²) in [5, 5.41) is 3.38. The van der Waals surface area contributed by atoms with Crippen molar-refractivity contribution in [1.29, 1.82) is 0 Å². The van der Waals surface area contributed by atoms with Gasteiger partial charge in [0.05, 0.1) is 0 Å². The first-order valence-corrected chi connectivity index (χ1v) is 8.69. The van der Waals surface area contributed by atoms with Crippen LogP contribution in [0, 0.1) is 0 Å². The van der Waals surface area contributed by atoms with Crippen molar-refractivity contribution in [2.45, 2.75) is 25.6 Å². The van der Waals surface area contributed by atoms with Crippen molar-refractivity contribution in [3.05, 3.63) is 34.9 Å². The smallest absolute Gasteiger partial charge is 0.352 e. The minimum atomic E-state index is -4.48. The highest BCUT2D eigenvalue weighted by atomic mass is 35.5. The molecule has 9 heteroatoms. The van der Waals surface area contributed by atoms with Gasteiger partial charge in [-0.25, -0.2) is 0 Å². The molecule has 1 heterocycles. The fourth-order valence-electron chi connectivity index (χ4n) is 2.69. The van der Waals surface area contributed by atoms with Crippen LogP contribution in [0.3, 0.4) is 0 Å². The molecule has 2 rings (SSSR count). The highest BCUT2D eigenvalue weighted by molar-refractivity contribution is 6.31. The molecule has 0 radical (unpaired) electrons. The van der Waals surface area contributed by atoms with Crippen molar-refractivity contribution in [2.75, 3.05) is 32.7 Å². The minimum absolute atomic E-state index is 0.125. The molecule has 0 bridgehead atoms. The van der Waals surface area contributed by atoms with E-state index in [0.717, 1.165) is 5.56 Å². The van der Waals surface area contributed by atoms with Crippen LogP contribution in [0.4, 0.5) is 13.2 Å². The molecule has 1 fully saturated rings. The molecule has 0 spiro atoms. The summed E-state index contributed by atoms with van der Waals surface area (Å²) in [6, 6.07) is 7.24. The molecule has 0 unspecified atom stereocenters. The quantitative estimate of drug-likeness (QED) is 0.810. The van der Waals surface area contributed by atoms with Crippen LogP contribution in [0.5, 0.6) is 0 Å². The van der Waals surface area contributed by atoms with Gasteiger partial charge in [0, 0.05) is 50.7 Å². The Kier molecular flexibility index (Phi) is 7.28. The number of rotatable bonds is 6. The summed E-state index contributed by atoms with van der Waals surface area (Å²) < 4.78 is 36.8. The van der Waals surface area contributed by atoms with Crippen molar-refractivity contribution >= 4 is 23.4 Å². The lowest BCUT2D eigenvalue weighted by atomic mass is 10.2. The molecule has 1 aliphatic heterocycles. The summed E-state index contributed by atoms with van der Waals surface area (Å²) in [5.74, 6) is -1.02. The lowest BCUT2D eigenvalue weighted by Gasteiger charge is -2.34. The topological polar surface area (TPSA) is 52.7 Å². The highest BCUT2D eigenvalue weighted by Gasteiger charge is 2.34. The highest BCUT2D eigenvalue weighted by Crippen LogP contribution is 2.21. The fourth-order valence-corrected chi connectivity index (χ4v) is 2.89. The van der Waals surface area contributed by atoms with E-state index >= 15 is 0 Å². The largest absolute Gasteiger partial charge is 0.397 e. The van der Waals surface area contributed by atoms with Crippen LogP contribution < -0.4 is 5.32 Å². The summed E-state index contributed by atoms with van der Waals surface area (Å²) in [6.45, 7) is 2.25. The SMILES string of the molecule is O=C(CCN1CCN(C(=O)CC(F)(F)F)CC1)NCc1ccccc1Cl. The zero-order valence-corrected chi connectivity index (χ0v) is 14.9. The standard InChI is InChI=1S/C17H21ClF3N3O2/c18-14-4-2-1-3-13(14)12-22-15(25)5-6-23-7-9-24(10-8-23)16(26)11-17(19,20)21/h1-4H,5-12H2,(H,22,25). The molecule has 0 atom stereocenters. The number of alkyl halides is 3. The number of nitrogens with one attached hydrogen (secondary N) is 1. The second-order valence-electron chi connectivity index (χ2n) is 6.13. The predicted octanol–water partition coefficient (Wildman–Crippen LogP) is 2.44. The van der Waals surface area contributed by atoms with Gasteiger partial charge in [-0.1, -0.05) is 29.8 Å². The Bertz CT molecular complexity index is 632. The van der Waals surface area contributed by atoms with Crippen molar-refractivity contribution < 1.29 is 22.8 Å². The second kappa shape index (κ2) is 9.23. The molecule has 1 saturated heterocycles. The third-order valence-corrected chi connectivity index (χ3v) is 4.53. The predicted molar refractivity (Wildman–Crippen MR) is 91.6 cm³/mol. The maximum absolute atomic E-state index is 12.3. The third kappa shape index (κ3) is 6.84. The number of piperazine rings is 1. The van der Waals surface area contributed by atoms with Crippen LogP contribution in [-0.4, -0.2) is 60.5 Å². The Balaban J connectivity index is 1.66. The maximum Gasteiger partial charge on any atom is 0.397 e. The normalized spacial score (nSPS) is 15.8. The average molecular weight is 392 g/mol. The molecule has 1 N–H and O–H groups in total. The Hall–Kier alpha value is -1.80. The maximum atomic E-state index is 12.3. The van der Waals surface area contributed by atoms with Crippen LogP contribution in [0.15, 0.2) is 24.3 Å². The van der Waals surface area contributed by atoms with E-state index in [1.54, 1.807) is 6.07 Å². The van der Waals surface area contributed by atoms with E-state index in [0.29, 0.717) is 31.2 Å². The summed E-state index contributed by atoms with van der Waals surface area (Å²) in [5.41, 5.74) is 0.833. The Morgan fingerprint density at radius 1 is 1.12 bits per heavy atom. The van der Waals surface area contributed by atoms with E-state index in [2.05, 4.69) is 5.32 Å². The van der Waals surface area contributed by atoms with E-state index in [9.17, 15) is 22.8 Å². The van der Waals surface area contributed by atoms with Crippen molar-refractivity contribution in [3.8, 4) is 0 Å². The summed E-state index contributed by atoms with van der Waals surface area (Å²) in [7, 11) is 0. The molecule has 2 amide bonds. The molecule has 5 nitrogen and oxygen atoms in total. The van der Waals surface area contributed by atoms with Crippen LogP contribution in [0.2, 0.25) is 5.02 Å². The first-order chi connectivity index (χ1) is 12.2.